The Morgan fingerprint density at radius 1 is 1.00 bits per heavy atom. The van der Waals surface area contributed by atoms with Gasteiger partial charge in [-0.1, -0.05) is 46.3 Å². The summed E-state index contributed by atoms with van der Waals surface area (Å²) >= 11 is 3.48. The molecule has 24 heavy (non-hydrogen) atoms. The van der Waals surface area contributed by atoms with Crippen LogP contribution in [-0.2, 0) is 11.3 Å². The predicted molar refractivity (Wildman–Crippen MR) is 99.0 cm³/mol. The zero-order chi connectivity index (χ0) is 16.4. The molecule has 1 aromatic heterocycles. The molecule has 1 saturated heterocycles. The van der Waals surface area contributed by atoms with E-state index in [-0.39, 0.29) is 6.23 Å². The molecule has 0 bridgehead atoms. The first kappa shape index (κ1) is 15.6. The molecule has 0 radical (unpaired) electrons. The lowest BCUT2D eigenvalue weighted by atomic mass is 10.2. The molecule has 0 saturated carbocycles. The molecule has 0 spiro atoms. The third-order valence-electron chi connectivity index (χ3n) is 4.34. The standard InChI is InChI=1S/C20H19BrN2O/c21-18-6-8-19(9-7-18)22-11-10-17(15-22)20-23(12-13-24-20)14-16-4-2-1-3-5-16/h1-11,15,20H,12-14H2/t20-/m1/s1. The molecule has 1 aliphatic rings. The minimum Gasteiger partial charge on any atom is -0.357 e. The van der Waals surface area contributed by atoms with Gasteiger partial charge in [-0.2, -0.15) is 0 Å². The Morgan fingerprint density at radius 3 is 2.58 bits per heavy atom. The lowest BCUT2D eigenvalue weighted by Crippen LogP contribution is -2.23. The van der Waals surface area contributed by atoms with Crippen molar-refractivity contribution in [1.29, 1.82) is 0 Å². The van der Waals surface area contributed by atoms with E-state index >= 15 is 0 Å². The molecule has 2 aromatic carbocycles. The number of ether oxygens (including phenoxy) is 1. The fourth-order valence-electron chi connectivity index (χ4n) is 3.12. The third kappa shape index (κ3) is 3.31. The number of rotatable bonds is 4. The van der Waals surface area contributed by atoms with E-state index in [0.29, 0.717) is 0 Å². The van der Waals surface area contributed by atoms with Crippen LogP contribution in [0.1, 0.15) is 17.4 Å². The Labute approximate surface area is 150 Å². The molecule has 3 aromatic rings. The fourth-order valence-corrected chi connectivity index (χ4v) is 3.39. The fraction of sp³-hybridized carbons (Fsp3) is 0.200. The molecule has 2 heterocycles. The number of hydrogen-bond donors (Lipinski definition) is 0. The highest BCUT2D eigenvalue weighted by molar-refractivity contribution is 9.10. The van der Waals surface area contributed by atoms with E-state index < -0.39 is 0 Å². The Kier molecular flexibility index (Phi) is 4.52. The maximum Gasteiger partial charge on any atom is 0.138 e. The van der Waals surface area contributed by atoms with Crippen LogP contribution in [0, 0.1) is 0 Å². The van der Waals surface area contributed by atoms with Gasteiger partial charge in [0.25, 0.3) is 0 Å². The summed E-state index contributed by atoms with van der Waals surface area (Å²) in [7, 11) is 0. The second-order valence-corrected chi connectivity index (χ2v) is 6.92. The molecule has 3 nitrogen and oxygen atoms in total. The summed E-state index contributed by atoms with van der Waals surface area (Å²) in [5.74, 6) is 0. The summed E-state index contributed by atoms with van der Waals surface area (Å²) in [6, 6.07) is 21.0. The van der Waals surface area contributed by atoms with Crippen molar-refractivity contribution in [3.8, 4) is 5.69 Å². The zero-order valence-corrected chi connectivity index (χ0v) is 14.9. The van der Waals surface area contributed by atoms with Crippen LogP contribution in [0.2, 0.25) is 0 Å². The molecule has 0 N–H and O–H groups in total. The van der Waals surface area contributed by atoms with Gasteiger partial charge >= 0.3 is 0 Å². The van der Waals surface area contributed by atoms with Gasteiger partial charge in [0.05, 0.1) is 6.61 Å². The van der Waals surface area contributed by atoms with Crippen LogP contribution in [0.25, 0.3) is 5.69 Å². The van der Waals surface area contributed by atoms with Gasteiger partial charge in [0.1, 0.15) is 6.23 Å². The zero-order valence-electron chi connectivity index (χ0n) is 13.3. The minimum absolute atomic E-state index is 0.0295. The van der Waals surface area contributed by atoms with Crippen LogP contribution in [-0.4, -0.2) is 22.6 Å². The van der Waals surface area contributed by atoms with Crippen molar-refractivity contribution in [1.82, 2.24) is 9.47 Å². The molecule has 1 fully saturated rings. The van der Waals surface area contributed by atoms with E-state index in [4.69, 9.17) is 4.74 Å². The largest absolute Gasteiger partial charge is 0.357 e. The molecule has 1 atom stereocenters. The molecular formula is C20H19BrN2O. The van der Waals surface area contributed by atoms with Gasteiger partial charge in [0.2, 0.25) is 0 Å². The monoisotopic (exact) mass is 382 g/mol. The summed E-state index contributed by atoms with van der Waals surface area (Å²) in [4.78, 5) is 2.39. The van der Waals surface area contributed by atoms with Gasteiger partial charge < -0.3 is 9.30 Å². The van der Waals surface area contributed by atoms with Gasteiger partial charge in [-0.25, -0.2) is 0 Å². The first-order chi connectivity index (χ1) is 11.8. The van der Waals surface area contributed by atoms with Crippen molar-refractivity contribution in [2.75, 3.05) is 13.2 Å². The summed E-state index contributed by atoms with van der Waals surface area (Å²) in [5.41, 5.74) is 3.67. The van der Waals surface area contributed by atoms with Crippen molar-refractivity contribution in [2.45, 2.75) is 12.8 Å². The number of aromatic nitrogens is 1. The van der Waals surface area contributed by atoms with Gasteiger partial charge in [-0.3, -0.25) is 4.90 Å². The van der Waals surface area contributed by atoms with Crippen molar-refractivity contribution in [3.63, 3.8) is 0 Å². The van der Waals surface area contributed by atoms with E-state index in [2.05, 4.69) is 98.5 Å². The van der Waals surface area contributed by atoms with E-state index in [1.54, 1.807) is 0 Å². The van der Waals surface area contributed by atoms with Crippen molar-refractivity contribution >= 4 is 15.9 Å². The summed E-state index contributed by atoms with van der Waals surface area (Å²) in [5, 5.41) is 0. The van der Waals surface area contributed by atoms with Gasteiger partial charge in [-0.05, 0) is 35.9 Å². The average molecular weight is 383 g/mol. The van der Waals surface area contributed by atoms with Crippen molar-refractivity contribution in [2.24, 2.45) is 0 Å². The van der Waals surface area contributed by atoms with Crippen LogP contribution in [0.4, 0.5) is 0 Å². The average Bonchev–Trinajstić information content (AvgIpc) is 3.25. The molecule has 1 aliphatic heterocycles. The second-order valence-electron chi connectivity index (χ2n) is 6.01. The van der Waals surface area contributed by atoms with Crippen LogP contribution in [0.3, 0.4) is 0 Å². The number of benzene rings is 2. The molecule has 4 heteroatoms. The highest BCUT2D eigenvalue weighted by atomic mass is 79.9. The lowest BCUT2D eigenvalue weighted by molar-refractivity contribution is 0.0288. The smallest absolute Gasteiger partial charge is 0.138 e. The second kappa shape index (κ2) is 6.93. The molecular weight excluding hydrogens is 364 g/mol. The SMILES string of the molecule is Brc1ccc(-n2ccc([C@H]3OCCN3Cc3ccccc3)c2)cc1. The first-order valence-electron chi connectivity index (χ1n) is 8.13. The maximum absolute atomic E-state index is 6.00. The maximum atomic E-state index is 6.00. The Bertz CT molecular complexity index is 798. The molecule has 122 valence electrons. The Morgan fingerprint density at radius 2 is 1.79 bits per heavy atom. The highest BCUT2D eigenvalue weighted by Gasteiger charge is 2.27. The van der Waals surface area contributed by atoms with Gasteiger partial charge in [0.15, 0.2) is 0 Å². The van der Waals surface area contributed by atoms with Crippen molar-refractivity contribution in [3.05, 3.63) is 88.7 Å². The first-order valence-corrected chi connectivity index (χ1v) is 8.92. The van der Waals surface area contributed by atoms with Crippen molar-refractivity contribution < 1.29 is 4.74 Å². The van der Waals surface area contributed by atoms with Gasteiger partial charge in [0, 0.05) is 41.2 Å². The van der Waals surface area contributed by atoms with E-state index in [9.17, 15) is 0 Å². The predicted octanol–water partition coefficient (Wildman–Crippen LogP) is 4.77. The van der Waals surface area contributed by atoms with Crippen LogP contribution < -0.4 is 0 Å². The quantitative estimate of drug-likeness (QED) is 0.646. The van der Waals surface area contributed by atoms with E-state index in [1.165, 1.54) is 11.1 Å². The minimum atomic E-state index is 0.0295. The van der Waals surface area contributed by atoms with E-state index in [0.717, 1.165) is 29.9 Å². The third-order valence-corrected chi connectivity index (χ3v) is 4.87. The van der Waals surface area contributed by atoms with Crippen LogP contribution in [0.5, 0.6) is 0 Å². The van der Waals surface area contributed by atoms with Crippen LogP contribution in [0.15, 0.2) is 77.5 Å². The summed E-state index contributed by atoms with van der Waals surface area (Å²) in [6.45, 7) is 2.65. The Balaban J connectivity index is 1.53. The lowest BCUT2D eigenvalue weighted by Gasteiger charge is -2.22. The van der Waals surface area contributed by atoms with Crippen LogP contribution >= 0.6 is 15.9 Å². The number of halogens is 1. The summed E-state index contributed by atoms with van der Waals surface area (Å²) < 4.78 is 9.23. The molecule has 4 rings (SSSR count). The van der Waals surface area contributed by atoms with E-state index in [1.807, 2.05) is 0 Å². The molecule has 0 unspecified atom stereocenters. The molecule has 0 aliphatic carbocycles. The number of nitrogens with zero attached hydrogens (tertiary/aromatic N) is 2. The highest BCUT2D eigenvalue weighted by Crippen LogP contribution is 2.29. The summed E-state index contributed by atoms with van der Waals surface area (Å²) in [6.07, 6.45) is 4.29. The Hall–Kier alpha value is -1.88. The molecule has 0 amide bonds. The number of hydrogen-bond acceptors (Lipinski definition) is 2. The topological polar surface area (TPSA) is 17.4 Å². The normalized spacial score (nSPS) is 18.1. The van der Waals surface area contributed by atoms with Gasteiger partial charge in [-0.15, -0.1) is 0 Å².